The third kappa shape index (κ3) is 3.56. The molecule has 1 aromatic rings. The van der Waals surface area contributed by atoms with Crippen LogP contribution in [0.25, 0.3) is 0 Å². The number of piperidine rings is 1. The number of anilines is 1. The van der Waals surface area contributed by atoms with E-state index in [1.807, 2.05) is 18.2 Å². The molecule has 0 aliphatic carbocycles. The van der Waals surface area contributed by atoms with Gasteiger partial charge in [0.1, 0.15) is 0 Å². The van der Waals surface area contributed by atoms with Crippen molar-refractivity contribution in [2.45, 2.75) is 19.8 Å². The van der Waals surface area contributed by atoms with E-state index in [4.69, 9.17) is 0 Å². The Balaban J connectivity index is 2.00. The Morgan fingerprint density at radius 1 is 1.37 bits per heavy atom. The molecule has 0 bridgehead atoms. The number of hydrogen-bond acceptors (Lipinski definition) is 2. The molecule has 102 valence electrons. The van der Waals surface area contributed by atoms with E-state index in [-0.39, 0.29) is 0 Å². The third-order valence-electron chi connectivity index (χ3n) is 3.26. The molecule has 1 fully saturated rings. The summed E-state index contributed by atoms with van der Waals surface area (Å²) in [5.41, 5.74) is 0.617. The fourth-order valence-corrected chi connectivity index (χ4v) is 2.64. The standard InChI is InChI=1S/C14H17BrN2O2/c1-10-5-4-8-17(9-10)14(19)13(18)16-12-7-3-2-6-11(12)15/h2-3,6-7,10H,4-5,8-9H2,1H3,(H,16,18). The van der Waals surface area contributed by atoms with E-state index in [0.29, 0.717) is 24.7 Å². The normalized spacial score (nSPS) is 19.1. The average Bonchev–Trinajstić information content (AvgIpc) is 2.40. The topological polar surface area (TPSA) is 49.4 Å². The number of halogens is 1. The van der Waals surface area contributed by atoms with Crippen molar-refractivity contribution in [1.82, 2.24) is 4.90 Å². The van der Waals surface area contributed by atoms with E-state index in [1.165, 1.54) is 0 Å². The Kier molecular flexibility index (Phi) is 4.58. The summed E-state index contributed by atoms with van der Waals surface area (Å²) >= 11 is 3.34. The number of nitrogens with zero attached hydrogens (tertiary/aromatic N) is 1. The number of likely N-dealkylation sites (tertiary alicyclic amines) is 1. The molecule has 5 heteroatoms. The lowest BCUT2D eigenvalue weighted by Gasteiger charge is -2.30. The van der Waals surface area contributed by atoms with Crippen LogP contribution in [0.3, 0.4) is 0 Å². The van der Waals surface area contributed by atoms with Crippen LogP contribution in [0.15, 0.2) is 28.7 Å². The minimum Gasteiger partial charge on any atom is -0.334 e. The first kappa shape index (κ1) is 14.1. The molecule has 19 heavy (non-hydrogen) atoms. The van der Waals surface area contributed by atoms with E-state index in [1.54, 1.807) is 11.0 Å². The van der Waals surface area contributed by atoms with Crippen molar-refractivity contribution in [2.75, 3.05) is 18.4 Å². The van der Waals surface area contributed by atoms with Crippen LogP contribution in [-0.2, 0) is 9.59 Å². The maximum Gasteiger partial charge on any atom is 0.313 e. The summed E-state index contributed by atoms with van der Waals surface area (Å²) in [5.74, 6) is -0.544. The molecule has 0 spiro atoms. The third-order valence-corrected chi connectivity index (χ3v) is 3.95. The molecule has 0 radical (unpaired) electrons. The Morgan fingerprint density at radius 2 is 2.11 bits per heavy atom. The van der Waals surface area contributed by atoms with Crippen LogP contribution < -0.4 is 5.32 Å². The van der Waals surface area contributed by atoms with Crippen LogP contribution in [0, 0.1) is 5.92 Å². The van der Waals surface area contributed by atoms with Crippen molar-refractivity contribution in [3.8, 4) is 0 Å². The zero-order valence-electron chi connectivity index (χ0n) is 10.9. The molecule has 1 saturated heterocycles. The van der Waals surface area contributed by atoms with Crippen LogP contribution in [0.1, 0.15) is 19.8 Å². The number of para-hydroxylation sites is 1. The highest BCUT2D eigenvalue weighted by Gasteiger charge is 2.26. The zero-order chi connectivity index (χ0) is 13.8. The van der Waals surface area contributed by atoms with Gasteiger partial charge in [0.15, 0.2) is 0 Å². The molecule has 0 aromatic heterocycles. The van der Waals surface area contributed by atoms with Crippen molar-refractivity contribution in [3.63, 3.8) is 0 Å². The van der Waals surface area contributed by atoms with Gasteiger partial charge in [-0.1, -0.05) is 19.1 Å². The van der Waals surface area contributed by atoms with Gasteiger partial charge < -0.3 is 10.2 Å². The average molecular weight is 325 g/mol. The fourth-order valence-electron chi connectivity index (χ4n) is 2.26. The highest BCUT2D eigenvalue weighted by Crippen LogP contribution is 2.21. The van der Waals surface area contributed by atoms with E-state index in [2.05, 4.69) is 28.2 Å². The highest BCUT2D eigenvalue weighted by molar-refractivity contribution is 9.10. The first-order valence-electron chi connectivity index (χ1n) is 6.42. The Morgan fingerprint density at radius 3 is 2.79 bits per heavy atom. The number of nitrogens with one attached hydrogen (secondary N) is 1. The first-order chi connectivity index (χ1) is 9.08. The van der Waals surface area contributed by atoms with Gasteiger partial charge in [0.2, 0.25) is 0 Å². The molecule has 1 atom stereocenters. The van der Waals surface area contributed by atoms with E-state index < -0.39 is 11.8 Å². The summed E-state index contributed by atoms with van der Waals surface area (Å²) < 4.78 is 0.767. The summed E-state index contributed by atoms with van der Waals surface area (Å²) in [7, 11) is 0. The maximum absolute atomic E-state index is 12.1. The smallest absolute Gasteiger partial charge is 0.313 e. The molecule has 1 aliphatic rings. The second kappa shape index (κ2) is 6.19. The van der Waals surface area contributed by atoms with Crippen molar-refractivity contribution in [3.05, 3.63) is 28.7 Å². The second-order valence-electron chi connectivity index (χ2n) is 4.93. The summed E-state index contributed by atoms with van der Waals surface area (Å²) in [6, 6.07) is 7.25. The highest BCUT2D eigenvalue weighted by atomic mass is 79.9. The molecule has 2 rings (SSSR count). The van der Waals surface area contributed by atoms with Crippen molar-refractivity contribution < 1.29 is 9.59 Å². The van der Waals surface area contributed by atoms with Gasteiger partial charge in [-0.25, -0.2) is 0 Å². The van der Waals surface area contributed by atoms with Gasteiger partial charge in [0.25, 0.3) is 0 Å². The second-order valence-corrected chi connectivity index (χ2v) is 5.79. The number of benzene rings is 1. The maximum atomic E-state index is 12.1. The zero-order valence-corrected chi connectivity index (χ0v) is 12.4. The van der Waals surface area contributed by atoms with Gasteiger partial charge >= 0.3 is 11.8 Å². The van der Waals surface area contributed by atoms with Gasteiger partial charge in [-0.15, -0.1) is 0 Å². The lowest BCUT2D eigenvalue weighted by Crippen LogP contribution is -2.44. The summed E-state index contributed by atoms with van der Waals surface area (Å²) in [5, 5.41) is 2.65. The Bertz CT molecular complexity index is 490. The van der Waals surface area contributed by atoms with Crippen molar-refractivity contribution in [2.24, 2.45) is 5.92 Å². The molecule has 1 unspecified atom stereocenters. The molecule has 1 aliphatic heterocycles. The summed E-state index contributed by atoms with van der Waals surface area (Å²) in [6.45, 7) is 3.44. The first-order valence-corrected chi connectivity index (χ1v) is 7.22. The Hall–Kier alpha value is -1.36. The molecule has 1 heterocycles. The Labute approximate surface area is 121 Å². The lowest BCUT2D eigenvalue weighted by atomic mass is 10.0. The molecule has 2 amide bonds. The van der Waals surface area contributed by atoms with Crippen molar-refractivity contribution in [1.29, 1.82) is 0 Å². The van der Waals surface area contributed by atoms with Gasteiger partial charge in [-0.2, -0.15) is 0 Å². The fraction of sp³-hybridized carbons (Fsp3) is 0.429. The molecular weight excluding hydrogens is 308 g/mol. The molecule has 4 nitrogen and oxygen atoms in total. The molecular formula is C14H17BrN2O2. The minimum absolute atomic E-state index is 0.442. The van der Waals surface area contributed by atoms with Gasteiger partial charge in [0.05, 0.1) is 5.69 Å². The van der Waals surface area contributed by atoms with Crippen LogP contribution in [-0.4, -0.2) is 29.8 Å². The number of carbonyl (C=O) groups is 2. The van der Waals surface area contributed by atoms with Crippen molar-refractivity contribution >= 4 is 33.4 Å². The number of amides is 2. The molecule has 1 N–H and O–H groups in total. The summed E-state index contributed by atoms with van der Waals surface area (Å²) in [4.78, 5) is 25.6. The molecule has 1 aromatic carbocycles. The number of rotatable bonds is 1. The van der Waals surface area contributed by atoms with Gasteiger partial charge in [-0.3, -0.25) is 9.59 Å². The number of carbonyl (C=O) groups excluding carboxylic acids is 2. The predicted octanol–water partition coefficient (Wildman–Crippen LogP) is 2.65. The molecule has 0 saturated carbocycles. The minimum atomic E-state index is -0.569. The van der Waals surface area contributed by atoms with Crippen LogP contribution >= 0.6 is 15.9 Å². The van der Waals surface area contributed by atoms with Crippen LogP contribution in [0.4, 0.5) is 5.69 Å². The van der Waals surface area contributed by atoms with Gasteiger partial charge in [0, 0.05) is 17.6 Å². The van der Waals surface area contributed by atoms with E-state index in [0.717, 1.165) is 17.3 Å². The number of hydrogen-bond donors (Lipinski definition) is 1. The monoisotopic (exact) mass is 324 g/mol. The van der Waals surface area contributed by atoms with Crippen LogP contribution in [0.5, 0.6) is 0 Å². The van der Waals surface area contributed by atoms with E-state index >= 15 is 0 Å². The predicted molar refractivity (Wildman–Crippen MR) is 77.7 cm³/mol. The summed E-state index contributed by atoms with van der Waals surface area (Å²) in [6.07, 6.45) is 2.09. The largest absolute Gasteiger partial charge is 0.334 e. The van der Waals surface area contributed by atoms with E-state index in [9.17, 15) is 9.59 Å². The van der Waals surface area contributed by atoms with Gasteiger partial charge in [-0.05, 0) is 46.8 Å². The quantitative estimate of drug-likeness (QED) is 0.807. The lowest BCUT2D eigenvalue weighted by molar-refractivity contribution is -0.144. The SMILES string of the molecule is CC1CCCN(C(=O)C(=O)Nc2ccccc2Br)C1. The van der Waals surface area contributed by atoms with Crippen LogP contribution in [0.2, 0.25) is 0 Å².